The predicted octanol–water partition coefficient (Wildman–Crippen LogP) is 1.31. The molecule has 3 nitrogen and oxygen atoms in total. The summed E-state index contributed by atoms with van der Waals surface area (Å²) in [6, 6.07) is 0.281. The Labute approximate surface area is 59.2 Å². The Morgan fingerprint density at radius 2 is 2.40 bits per heavy atom. The zero-order valence-corrected chi connectivity index (χ0v) is 5.92. The maximum absolute atomic E-state index is 5.33. The highest BCUT2D eigenvalue weighted by molar-refractivity contribution is 5.22. The number of nitrogen functional groups attached to an aromatic ring is 1. The maximum Gasteiger partial charge on any atom is 0.292 e. The van der Waals surface area contributed by atoms with Crippen LogP contribution in [0.3, 0.4) is 0 Å². The van der Waals surface area contributed by atoms with E-state index in [0.29, 0.717) is 0 Å². The van der Waals surface area contributed by atoms with E-state index in [-0.39, 0.29) is 11.4 Å². The van der Waals surface area contributed by atoms with Crippen LogP contribution in [-0.2, 0) is 5.41 Å². The fourth-order valence-corrected chi connectivity index (χ4v) is 1.00. The third kappa shape index (κ3) is 0.701. The van der Waals surface area contributed by atoms with Crippen LogP contribution >= 0.6 is 0 Å². The second-order valence-corrected chi connectivity index (χ2v) is 3.12. The van der Waals surface area contributed by atoms with Gasteiger partial charge in [-0.25, -0.2) is 4.98 Å². The summed E-state index contributed by atoms with van der Waals surface area (Å²) in [5.41, 5.74) is 5.58. The van der Waals surface area contributed by atoms with Gasteiger partial charge in [0.15, 0.2) is 0 Å². The molecule has 0 amide bonds. The van der Waals surface area contributed by atoms with Crippen molar-refractivity contribution >= 4 is 6.01 Å². The standard InChI is InChI=1S/C7H10N2O/c1-7(2-3-7)5-4-9-6(8)10-5/h4H,2-3H2,1H3,(H2,8,9). The summed E-state index contributed by atoms with van der Waals surface area (Å²) in [6.45, 7) is 2.16. The average molecular weight is 138 g/mol. The van der Waals surface area contributed by atoms with Crippen molar-refractivity contribution in [3.8, 4) is 0 Å². The largest absolute Gasteiger partial charge is 0.428 e. The van der Waals surface area contributed by atoms with Crippen molar-refractivity contribution in [1.82, 2.24) is 4.98 Å². The number of nitrogens with two attached hydrogens (primary N) is 1. The van der Waals surface area contributed by atoms with Gasteiger partial charge in [-0.15, -0.1) is 0 Å². The summed E-state index contributed by atoms with van der Waals surface area (Å²) in [5.74, 6) is 0.935. The molecule has 0 bridgehead atoms. The van der Waals surface area contributed by atoms with Gasteiger partial charge in [0.1, 0.15) is 5.76 Å². The first-order valence-electron chi connectivity index (χ1n) is 3.42. The molecule has 2 rings (SSSR count). The Kier molecular flexibility index (Phi) is 0.886. The van der Waals surface area contributed by atoms with E-state index in [0.717, 1.165) is 5.76 Å². The number of rotatable bonds is 1. The number of anilines is 1. The Morgan fingerprint density at radius 1 is 1.70 bits per heavy atom. The second-order valence-electron chi connectivity index (χ2n) is 3.12. The number of hydrogen-bond donors (Lipinski definition) is 1. The summed E-state index contributed by atoms with van der Waals surface area (Å²) in [6.07, 6.45) is 4.12. The minimum Gasteiger partial charge on any atom is -0.428 e. The molecule has 1 aliphatic rings. The Morgan fingerprint density at radius 3 is 2.80 bits per heavy atom. The van der Waals surface area contributed by atoms with Crippen molar-refractivity contribution < 1.29 is 4.42 Å². The Hall–Kier alpha value is -0.990. The van der Waals surface area contributed by atoms with Crippen LogP contribution in [0.25, 0.3) is 0 Å². The molecular weight excluding hydrogens is 128 g/mol. The maximum atomic E-state index is 5.33. The molecule has 1 heterocycles. The van der Waals surface area contributed by atoms with E-state index in [1.807, 2.05) is 0 Å². The van der Waals surface area contributed by atoms with Crippen molar-refractivity contribution in [2.45, 2.75) is 25.2 Å². The van der Waals surface area contributed by atoms with Gasteiger partial charge in [0.05, 0.1) is 6.20 Å². The molecule has 1 fully saturated rings. The molecule has 0 spiro atoms. The lowest BCUT2D eigenvalue weighted by molar-refractivity contribution is 0.478. The van der Waals surface area contributed by atoms with Gasteiger partial charge in [0.2, 0.25) is 0 Å². The van der Waals surface area contributed by atoms with Gasteiger partial charge in [-0.2, -0.15) is 0 Å². The molecular formula is C7H10N2O. The molecule has 1 aromatic rings. The van der Waals surface area contributed by atoms with Crippen molar-refractivity contribution in [1.29, 1.82) is 0 Å². The van der Waals surface area contributed by atoms with Gasteiger partial charge >= 0.3 is 0 Å². The van der Waals surface area contributed by atoms with Crippen LogP contribution in [0.5, 0.6) is 0 Å². The van der Waals surface area contributed by atoms with Crippen LogP contribution in [0.4, 0.5) is 6.01 Å². The highest BCUT2D eigenvalue weighted by atomic mass is 16.4. The topological polar surface area (TPSA) is 52.0 Å². The first kappa shape index (κ1) is 5.77. The fourth-order valence-electron chi connectivity index (χ4n) is 1.00. The van der Waals surface area contributed by atoms with Crippen molar-refractivity contribution in [2.24, 2.45) is 0 Å². The first-order chi connectivity index (χ1) is 4.71. The van der Waals surface area contributed by atoms with Crippen LogP contribution in [0.2, 0.25) is 0 Å². The summed E-state index contributed by atoms with van der Waals surface area (Å²) < 4.78 is 5.18. The number of aromatic nitrogens is 1. The molecule has 3 heteroatoms. The number of hydrogen-bond acceptors (Lipinski definition) is 3. The van der Waals surface area contributed by atoms with E-state index in [1.54, 1.807) is 6.20 Å². The Balaban J connectivity index is 2.34. The van der Waals surface area contributed by atoms with Crippen LogP contribution in [0, 0.1) is 0 Å². The molecule has 54 valence electrons. The van der Waals surface area contributed by atoms with E-state index < -0.39 is 0 Å². The van der Waals surface area contributed by atoms with Crippen LogP contribution in [0.15, 0.2) is 10.6 Å². The van der Waals surface area contributed by atoms with Gasteiger partial charge in [0, 0.05) is 5.41 Å². The number of oxazole rings is 1. The molecule has 1 aromatic heterocycles. The zero-order valence-electron chi connectivity index (χ0n) is 5.92. The van der Waals surface area contributed by atoms with Crippen LogP contribution in [-0.4, -0.2) is 4.98 Å². The van der Waals surface area contributed by atoms with Crippen molar-refractivity contribution in [3.05, 3.63) is 12.0 Å². The molecule has 0 unspecified atom stereocenters. The molecule has 0 radical (unpaired) electrons. The molecule has 10 heavy (non-hydrogen) atoms. The molecule has 0 saturated heterocycles. The lowest BCUT2D eigenvalue weighted by Crippen LogP contribution is -1.95. The van der Waals surface area contributed by atoms with E-state index in [9.17, 15) is 0 Å². The predicted molar refractivity (Wildman–Crippen MR) is 37.5 cm³/mol. The Bertz CT molecular complexity index is 250. The third-order valence-electron chi connectivity index (χ3n) is 2.12. The van der Waals surface area contributed by atoms with Gasteiger partial charge in [0.25, 0.3) is 6.01 Å². The minimum absolute atomic E-state index is 0.255. The summed E-state index contributed by atoms with van der Waals surface area (Å²) in [4.78, 5) is 3.83. The summed E-state index contributed by atoms with van der Waals surface area (Å²) in [5, 5.41) is 0. The average Bonchev–Trinajstić information content (AvgIpc) is 2.45. The monoisotopic (exact) mass is 138 g/mol. The molecule has 0 aromatic carbocycles. The molecule has 1 aliphatic carbocycles. The highest BCUT2D eigenvalue weighted by Crippen LogP contribution is 2.47. The molecule has 2 N–H and O–H groups in total. The lowest BCUT2D eigenvalue weighted by Gasteiger charge is -1.99. The van der Waals surface area contributed by atoms with Gasteiger partial charge in [-0.05, 0) is 12.8 Å². The van der Waals surface area contributed by atoms with Crippen LogP contribution < -0.4 is 5.73 Å². The number of nitrogens with zero attached hydrogens (tertiary/aromatic N) is 1. The van der Waals surface area contributed by atoms with E-state index >= 15 is 0 Å². The smallest absolute Gasteiger partial charge is 0.292 e. The SMILES string of the molecule is CC1(c2cnc(N)o2)CC1. The van der Waals surface area contributed by atoms with Gasteiger partial charge in [-0.3, -0.25) is 0 Å². The third-order valence-corrected chi connectivity index (χ3v) is 2.12. The van der Waals surface area contributed by atoms with Gasteiger partial charge < -0.3 is 10.2 Å². The van der Waals surface area contributed by atoms with Crippen molar-refractivity contribution in [2.75, 3.05) is 5.73 Å². The fraction of sp³-hybridized carbons (Fsp3) is 0.571. The normalized spacial score (nSPS) is 20.9. The summed E-state index contributed by atoms with van der Waals surface area (Å²) >= 11 is 0. The quantitative estimate of drug-likeness (QED) is 0.636. The highest BCUT2D eigenvalue weighted by Gasteiger charge is 2.42. The van der Waals surface area contributed by atoms with E-state index in [1.165, 1.54) is 12.8 Å². The molecule has 1 saturated carbocycles. The van der Waals surface area contributed by atoms with Crippen molar-refractivity contribution in [3.63, 3.8) is 0 Å². The minimum atomic E-state index is 0.255. The molecule has 0 aliphatic heterocycles. The first-order valence-corrected chi connectivity index (χ1v) is 3.42. The van der Waals surface area contributed by atoms with E-state index in [4.69, 9.17) is 10.2 Å². The van der Waals surface area contributed by atoms with Crippen LogP contribution in [0.1, 0.15) is 25.5 Å². The second kappa shape index (κ2) is 1.54. The van der Waals surface area contributed by atoms with Gasteiger partial charge in [-0.1, -0.05) is 6.92 Å². The zero-order chi connectivity index (χ0) is 7.19. The molecule has 0 atom stereocenters. The lowest BCUT2D eigenvalue weighted by atomic mass is 10.1. The van der Waals surface area contributed by atoms with E-state index in [2.05, 4.69) is 11.9 Å². The summed E-state index contributed by atoms with van der Waals surface area (Å²) in [7, 11) is 0.